The number of carbonyl (C=O) groups is 2. The molecule has 34 heavy (non-hydrogen) atoms. The van der Waals surface area contributed by atoms with Crippen molar-refractivity contribution in [2.45, 2.75) is 57.3 Å². The fourth-order valence-electron chi connectivity index (χ4n) is 7.63. The molecule has 1 aromatic rings. The van der Waals surface area contributed by atoms with Gasteiger partial charge in [-0.25, -0.2) is 8.42 Å². The van der Waals surface area contributed by atoms with Gasteiger partial charge < -0.3 is 9.47 Å². The molecule has 0 saturated heterocycles. The molecule has 6 nitrogen and oxygen atoms in total. The Morgan fingerprint density at radius 2 is 1.62 bits per heavy atom. The lowest BCUT2D eigenvalue weighted by Gasteiger charge is -2.42. The number of benzene rings is 1. The van der Waals surface area contributed by atoms with Gasteiger partial charge in [0.1, 0.15) is 0 Å². The second kappa shape index (κ2) is 7.54. The third-order valence-electron chi connectivity index (χ3n) is 9.19. The molecular formula is C27H32O6S. The number of esters is 2. The summed E-state index contributed by atoms with van der Waals surface area (Å²) in [5, 5.41) is 0. The SMILES string of the molecule is COC(=O)C1(C(=O)OC)CC2=C[C@@H]3CCCC[C@]34[C@H](C2=C(S(=O)(=O)c2ccccc2)C1)C4(C)C. The lowest BCUT2D eigenvalue weighted by atomic mass is 9.63. The van der Waals surface area contributed by atoms with Gasteiger partial charge >= 0.3 is 11.9 Å². The summed E-state index contributed by atoms with van der Waals surface area (Å²) >= 11 is 0. The number of hydrogen-bond acceptors (Lipinski definition) is 6. The Bertz CT molecular complexity index is 1210. The van der Waals surface area contributed by atoms with Gasteiger partial charge in [-0.15, -0.1) is 0 Å². The van der Waals surface area contributed by atoms with Crippen LogP contribution < -0.4 is 0 Å². The molecule has 4 aliphatic rings. The van der Waals surface area contributed by atoms with E-state index >= 15 is 0 Å². The molecule has 4 aliphatic carbocycles. The Hall–Kier alpha value is -2.41. The maximum Gasteiger partial charge on any atom is 0.323 e. The molecule has 0 N–H and O–H groups in total. The Morgan fingerprint density at radius 3 is 2.24 bits per heavy atom. The first-order chi connectivity index (χ1) is 16.1. The summed E-state index contributed by atoms with van der Waals surface area (Å²) in [6.45, 7) is 4.49. The molecule has 0 heterocycles. The Morgan fingerprint density at radius 1 is 0.971 bits per heavy atom. The number of allylic oxidation sites excluding steroid dienone is 4. The van der Waals surface area contributed by atoms with Crippen LogP contribution in [0.4, 0.5) is 0 Å². The van der Waals surface area contributed by atoms with Crippen molar-refractivity contribution in [2.24, 2.45) is 28.1 Å². The third-order valence-corrected chi connectivity index (χ3v) is 11.1. The number of sulfone groups is 1. The smallest absolute Gasteiger partial charge is 0.323 e. The topological polar surface area (TPSA) is 86.7 Å². The van der Waals surface area contributed by atoms with Crippen molar-refractivity contribution < 1.29 is 27.5 Å². The highest BCUT2D eigenvalue weighted by molar-refractivity contribution is 7.95. The van der Waals surface area contributed by atoms with E-state index in [0.29, 0.717) is 5.92 Å². The minimum atomic E-state index is -3.96. The minimum Gasteiger partial charge on any atom is -0.468 e. The number of hydrogen-bond donors (Lipinski definition) is 0. The highest BCUT2D eigenvalue weighted by Crippen LogP contribution is 2.82. The first kappa shape index (κ1) is 23.3. The molecule has 1 aromatic carbocycles. The predicted octanol–water partition coefficient (Wildman–Crippen LogP) is 4.61. The van der Waals surface area contributed by atoms with Gasteiger partial charge in [-0.05, 0) is 65.2 Å². The van der Waals surface area contributed by atoms with Crippen molar-refractivity contribution >= 4 is 21.8 Å². The molecule has 2 fully saturated rings. The minimum absolute atomic E-state index is 0.0398. The van der Waals surface area contributed by atoms with E-state index in [4.69, 9.17) is 9.47 Å². The van der Waals surface area contributed by atoms with Crippen LogP contribution in [0.15, 0.2) is 57.4 Å². The van der Waals surface area contributed by atoms with Gasteiger partial charge in [0, 0.05) is 6.42 Å². The number of carbonyl (C=O) groups excluding carboxylic acids is 2. The van der Waals surface area contributed by atoms with Crippen LogP contribution in [0.25, 0.3) is 0 Å². The van der Waals surface area contributed by atoms with Crippen LogP contribution in [0.2, 0.25) is 0 Å². The van der Waals surface area contributed by atoms with E-state index < -0.39 is 27.2 Å². The summed E-state index contributed by atoms with van der Waals surface area (Å²) < 4.78 is 38.3. The molecule has 2 saturated carbocycles. The molecule has 182 valence electrons. The number of methoxy groups -OCH3 is 2. The van der Waals surface area contributed by atoms with Gasteiger partial charge in [-0.1, -0.05) is 51.0 Å². The molecule has 0 aliphatic heterocycles. The number of ether oxygens (including phenoxy) is 2. The van der Waals surface area contributed by atoms with Gasteiger partial charge in [0.15, 0.2) is 5.41 Å². The van der Waals surface area contributed by atoms with E-state index in [-0.39, 0.29) is 39.4 Å². The molecule has 0 aromatic heterocycles. The fourth-order valence-corrected chi connectivity index (χ4v) is 9.41. The molecule has 0 amide bonds. The predicted molar refractivity (Wildman–Crippen MR) is 126 cm³/mol. The van der Waals surface area contributed by atoms with Gasteiger partial charge in [-0.2, -0.15) is 0 Å². The molecular weight excluding hydrogens is 452 g/mol. The maximum atomic E-state index is 14.1. The van der Waals surface area contributed by atoms with E-state index in [1.807, 2.05) is 0 Å². The molecule has 3 atom stereocenters. The van der Waals surface area contributed by atoms with E-state index in [2.05, 4.69) is 19.9 Å². The van der Waals surface area contributed by atoms with E-state index in [1.165, 1.54) is 14.2 Å². The van der Waals surface area contributed by atoms with Gasteiger partial charge in [0.2, 0.25) is 9.84 Å². The third kappa shape index (κ3) is 2.82. The Kier molecular flexibility index (Phi) is 5.18. The Labute approximate surface area is 201 Å². The molecule has 1 spiro atoms. The average molecular weight is 485 g/mol. The van der Waals surface area contributed by atoms with Crippen LogP contribution in [-0.4, -0.2) is 34.6 Å². The molecule has 5 rings (SSSR count). The van der Waals surface area contributed by atoms with Crippen molar-refractivity contribution in [3.63, 3.8) is 0 Å². The average Bonchev–Trinajstić information content (AvgIpc) is 3.35. The molecule has 0 bridgehead atoms. The second-order valence-corrected chi connectivity index (χ2v) is 12.8. The first-order valence-electron chi connectivity index (χ1n) is 12.0. The number of rotatable bonds is 4. The second-order valence-electron chi connectivity index (χ2n) is 10.8. The highest BCUT2D eigenvalue weighted by atomic mass is 32.2. The van der Waals surface area contributed by atoms with Crippen LogP contribution in [0.3, 0.4) is 0 Å². The normalized spacial score (nSPS) is 30.8. The van der Waals surface area contributed by atoms with Crippen molar-refractivity contribution in [1.82, 2.24) is 0 Å². The van der Waals surface area contributed by atoms with Gasteiger partial charge in [-0.3, -0.25) is 9.59 Å². The summed E-state index contributed by atoms with van der Waals surface area (Å²) in [6, 6.07) is 8.28. The van der Waals surface area contributed by atoms with Crippen LogP contribution >= 0.6 is 0 Å². The van der Waals surface area contributed by atoms with Crippen molar-refractivity contribution in [1.29, 1.82) is 0 Å². The first-order valence-corrected chi connectivity index (χ1v) is 13.5. The van der Waals surface area contributed by atoms with Crippen LogP contribution in [-0.2, 0) is 28.9 Å². The van der Waals surface area contributed by atoms with E-state index in [1.54, 1.807) is 30.3 Å². The van der Waals surface area contributed by atoms with Crippen LogP contribution in [0.5, 0.6) is 0 Å². The quantitative estimate of drug-likeness (QED) is 0.458. The van der Waals surface area contributed by atoms with Crippen molar-refractivity contribution in [3.8, 4) is 0 Å². The highest BCUT2D eigenvalue weighted by Gasteiger charge is 2.77. The zero-order valence-electron chi connectivity index (χ0n) is 20.2. The summed E-state index contributed by atoms with van der Waals surface area (Å²) in [5.41, 5.74) is -0.105. The van der Waals surface area contributed by atoms with Gasteiger partial charge in [0.25, 0.3) is 0 Å². The summed E-state index contributed by atoms with van der Waals surface area (Å²) in [6.07, 6.45) is 6.42. The lowest BCUT2D eigenvalue weighted by molar-refractivity contribution is -0.169. The van der Waals surface area contributed by atoms with Crippen LogP contribution in [0, 0.1) is 28.1 Å². The summed E-state index contributed by atoms with van der Waals surface area (Å²) in [4.78, 5) is 26.6. The van der Waals surface area contributed by atoms with Gasteiger partial charge in [0.05, 0.1) is 24.0 Å². The van der Waals surface area contributed by atoms with Crippen LogP contribution in [0.1, 0.15) is 52.4 Å². The zero-order chi connectivity index (χ0) is 24.5. The standard InChI is InChI=1S/C27H32O6S/c1-25(2)22-21-17(14-18-10-8-9-13-27(18,22)25)15-26(23(28)32-3,24(29)33-4)16-20(21)34(30,31)19-11-6-5-7-12-19/h5-7,11-12,14,18,22H,8-10,13,15-16H2,1-4H3/t18-,22+,27+/m0/s1. The fraction of sp³-hybridized carbons (Fsp3) is 0.556. The maximum absolute atomic E-state index is 14.1. The largest absolute Gasteiger partial charge is 0.468 e. The molecule has 7 heteroatoms. The van der Waals surface area contributed by atoms with Crippen molar-refractivity contribution in [2.75, 3.05) is 14.2 Å². The molecule has 0 radical (unpaired) electrons. The monoisotopic (exact) mass is 484 g/mol. The Balaban J connectivity index is 1.79. The van der Waals surface area contributed by atoms with Crippen molar-refractivity contribution in [3.05, 3.63) is 52.5 Å². The summed E-state index contributed by atoms with van der Waals surface area (Å²) in [7, 11) is -1.51. The van der Waals surface area contributed by atoms with E-state index in [9.17, 15) is 18.0 Å². The summed E-state index contributed by atoms with van der Waals surface area (Å²) in [5.74, 6) is -1.11. The van der Waals surface area contributed by atoms with E-state index in [0.717, 1.165) is 36.8 Å². The lowest BCUT2D eigenvalue weighted by Crippen LogP contribution is -2.45. The number of fused-ring (bicyclic) bond motifs is 2. The molecule has 0 unspecified atom stereocenters. The zero-order valence-corrected chi connectivity index (χ0v) is 21.0.